The topological polar surface area (TPSA) is 20.3 Å². The van der Waals surface area contributed by atoms with Crippen LogP contribution in [0.25, 0.3) is 0 Å². The predicted molar refractivity (Wildman–Crippen MR) is 64.2 cm³/mol. The lowest BCUT2D eigenvalue weighted by atomic mass is 10.1. The fourth-order valence-corrected chi connectivity index (χ4v) is 2.30. The number of unbranched alkanes of at least 4 members (excludes halogenated alkanes) is 2. The third-order valence-corrected chi connectivity index (χ3v) is 3.40. The minimum Gasteiger partial charge on any atom is -0.341 e. The van der Waals surface area contributed by atoms with Crippen molar-refractivity contribution in [3.8, 4) is 0 Å². The highest BCUT2D eigenvalue weighted by Crippen LogP contribution is 2.16. The van der Waals surface area contributed by atoms with Gasteiger partial charge in [0.05, 0.1) is 0 Å². The lowest BCUT2D eigenvalue weighted by molar-refractivity contribution is -0.131. The summed E-state index contributed by atoms with van der Waals surface area (Å²) in [5, 5.41) is -0.283. The molecule has 1 amide bonds. The molecule has 1 fully saturated rings. The number of alkyl halides is 1. The highest BCUT2D eigenvalue weighted by molar-refractivity contribution is 6.30. The van der Waals surface area contributed by atoms with Crippen molar-refractivity contribution in [1.82, 2.24) is 4.90 Å². The number of carbonyl (C=O) groups is 1. The van der Waals surface area contributed by atoms with Gasteiger partial charge in [0.15, 0.2) is 0 Å². The van der Waals surface area contributed by atoms with Crippen LogP contribution in [0.4, 0.5) is 0 Å². The summed E-state index contributed by atoms with van der Waals surface area (Å²) in [6.07, 6.45) is 7.81. The molecule has 0 spiro atoms. The minimum atomic E-state index is -0.283. The molecule has 0 saturated carbocycles. The number of carbonyl (C=O) groups excluding carboxylic acids is 1. The summed E-state index contributed by atoms with van der Waals surface area (Å²) in [5.74, 6) is 0.160. The zero-order valence-electron chi connectivity index (χ0n) is 9.67. The van der Waals surface area contributed by atoms with E-state index in [1.54, 1.807) is 0 Å². The van der Waals surface area contributed by atoms with Crippen LogP contribution in [-0.2, 0) is 4.79 Å². The molecule has 3 heteroatoms. The highest BCUT2D eigenvalue weighted by Gasteiger charge is 2.22. The number of hydrogen-bond acceptors (Lipinski definition) is 1. The van der Waals surface area contributed by atoms with Crippen LogP contribution >= 0.6 is 11.6 Å². The van der Waals surface area contributed by atoms with E-state index in [1.807, 2.05) is 4.90 Å². The highest BCUT2D eigenvalue weighted by atomic mass is 35.5. The van der Waals surface area contributed by atoms with Gasteiger partial charge in [0.2, 0.25) is 5.91 Å². The summed E-state index contributed by atoms with van der Waals surface area (Å²) < 4.78 is 0. The van der Waals surface area contributed by atoms with Crippen molar-refractivity contribution < 1.29 is 4.79 Å². The Bertz CT molecular complexity index is 190. The average Bonchev–Trinajstić information content (AvgIpc) is 2.29. The number of likely N-dealkylation sites (tertiary alicyclic amines) is 1. The van der Waals surface area contributed by atoms with E-state index in [4.69, 9.17) is 11.6 Å². The van der Waals surface area contributed by atoms with E-state index >= 15 is 0 Å². The van der Waals surface area contributed by atoms with E-state index in [2.05, 4.69) is 6.92 Å². The molecule has 1 saturated heterocycles. The smallest absolute Gasteiger partial charge is 0.240 e. The van der Waals surface area contributed by atoms with Gasteiger partial charge >= 0.3 is 0 Å². The molecule has 2 nitrogen and oxygen atoms in total. The monoisotopic (exact) mass is 231 g/mol. The number of rotatable bonds is 5. The maximum Gasteiger partial charge on any atom is 0.240 e. The molecule has 0 bridgehead atoms. The summed E-state index contributed by atoms with van der Waals surface area (Å²) in [5.41, 5.74) is 0. The van der Waals surface area contributed by atoms with E-state index in [0.717, 1.165) is 38.8 Å². The fraction of sp³-hybridized carbons (Fsp3) is 0.917. The molecule has 1 aliphatic heterocycles. The zero-order chi connectivity index (χ0) is 11.1. The third-order valence-electron chi connectivity index (χ3n) is 3.00. The predicted octanol–water partition coefficient (Wildman–Crippen LogP) is 3.19. The number of halogens is 1. The van der Waals surface area contributed by atoms with Crippen LogP contribution in [0.3, 0.4) is 0 Å². The van der Waals surface area contributed by atoms with Gasteiger partial charge in [-0.25, -0.2) is 0 Å². The minimum absolute atomic E-state index is 0.160. The molecule has 0 aliphatic carbocycles. The molecule has 1 rings (SSSR count). The quantitative estimate of drug-likeness (QED) is 0.526. The van der Waals surface area contributed by atoms with Crippen LogP contribution in [0.2, 0.25) is 0 Å². The summed E-state index contributed by atoms with van der Waals surface area (Å²) >= 11 is 6.11. The second-order valence-corrected chi connectivity index (χ2v) is 4.88. The lowest BCUT2D eigenvalue weighted by Crippen LogP contribution is -2.40. The summed E-state index contributed by atoms with van der Waals surface area (Å²) in [4.78, 5) is 13.8. The third kappa shape index (κ3) is 4.42. The first-order chi connectivity index (χ1) is 7.25. The van der Waals surface area contributed by atoms with Gasteiger partial charge in [-0.05, 0) is 25.7 Å². The van der Waals surface area contributed by atoms with Gasteiger partial charge in [-0.2, -0.15) is 0 Å². The van der Waals surface area contributed by atoms with Crippen molar-refractivity contribution in [2.24, 2.45) is 0 Å². The van der Waals surface area contributed by atoms with Crippen LogP contribution < -0.4 is 0 Å². The summed E-state index contributed by atoms with van der Waals surface area (Å²) in [7, 11) is 0. The number of piperidine rings is 1. The number of hydrogen-bond donors (Lipinski definition) is 0. The first-order valence-electron chi connectivity index (χ1n) is 6.18. The first-order valence-corrected chi connectivity index (χ1v) is 6.62. The van der Waals surface area contributed by atoms with Gasteiger partial charge in [-0.1, -0.05) is 26.2 Å². The average molecular weight is 232 g/mol. The molecule has 0 N–H and O–H groups in total. The molecule has 0 radical (unpaired) electrons. The Hall–Kier alpha value is -0.240. The number of nitrogens with zero attached hydrogens (tertiary/aromatic N) is 1. The Kier molecular flexibility index (Phi) is 6.07. The van der Waals surface area contributed by atoms with Crippen molar-refractivity contribution >= 4 is 17.5 Å². The maximum absolute atomic E-state index is 11.9. The Morgan fingerprint density at radius 1 is 1.27 bits per heavy atom. The Morgan fingerprint density at radius 3 is 2.53 bits per heavy atom. The van der Waals surface area contributed by atoms with Crippen molar-refractivity contribution in [2.45, 2.75) is 57.2 Å². The van der Waals surface area contributed by atoms with Crippen LogP contribution in [0, 0.1) is 0 Å². The van der Waals surface area contributed by atoms with Crippen molar-refractivity contribution in [3.63, 3.8) is 0 Å². The first kappa shape index (κ1) is 12.8. The maximum atomic E-state index is 11.9. The Morgan fingerprint density at radius 2 is 1.93 bits per heavy atom. The van der Waals surface area contributed by atoms with Crippen molar-refractivity contribution in [3.05, 3.63) is 0 Å². The Labute approximate surface area is 98.0 Å². The van der Waals surface area contributed by atoms with E-state index in [1.165, 1.54) is 19.3 Å². The second-order valence-electron chi connectivity index (χ2n) is 4.35. The lowest BCUT2D eigenvalue weighted by Gasteiger charge is -2.28. The van der Waals surface area contributed by atoms with Gasteiger partial charge in [-0.3, -0.25) is 4.79 Å². The molecule has 1 heterocycles. The van der Waals surface area contributed by atoms with Crippen molar-refractivity contribution in [2.75, 3.05) is 13.1 Å². The van der Waals surface area contributed by atoms with E-state index in [-0.39, 0.29) is 11.3 Å². The van der Waals surface area contributed by atoms with E-state index < -0.39 is 0 Å². The normalized spacial score (nSPS) is 18.9. The molecular formula is C12H22ClNO. The van der Waals surface area contributed by atoms with Crippen LogP contribution in [-0.4, -0.2) is 29.3 Å². The van der Waals surface area contributed by atoms with Crippen molar-refractivity contribution in [1.29, 1.82) is 0 Å². The molecule has 0 aromatic heterocycles. The molecule has 15 heavy (non-hydrogen) atoms. The number of amides is 1. The van der Waals surface area contributed by atoms with Crippen LogP contribution in [0.15, 0.2) is 0 Å². The van der Waals surface area contributed by atoms with Gasteiger partial charge < -0.3 is 4.90 Å². The molecular weight excluding hydrogens is 210 g/mol. The SMILES string of the molecule is CCCCCC(Cl)C(=O)N1CCCCC1. The summed E-state index contributed by atoms with van der Waals surface area (Å²) in [6.45, 7) is 3.99. The molecule has 1 unspecified atom stereocenters. The summed E-state index contributed by atoms with van der Waals surface area (Å²) in [6, 6.07) is 0. The molecule has 1 aliphatic rings. The largest absolute Gasteiger partial charge is 0.341 e. The van der Waals surface area contributed by atoms with Crippen LogP contribution in [0.5, 0.6) is 0 Å². The fourth-order valence-electron chi connectivity index (χ4n) is 2.01. The molecule has 0 aromatic rings. The molecule has 88 valence electrons. The molecule has 1 atom stereocenters. The zero-order valence-corrected chi connectivity index (χ0v) is 10.4. The second kappa shape index (κ2) is 7.10. The van der Waals surface area contributed by atoms with Crippen LogP contribution in [0.1, 0.15) is 51.9 Å². The Balaban J connectivity index is 2.24. The van der Waals surface area contributed by atoms with Gasteiger partial charge in [0.1, 0.15) is 5.38 Å². The standard InChI is InChI=1S/C12H22ClNO/c1-2-3-5-8-11(13)12(15)14-9-6-4-7-10-14/h11H,2-10H2,1H3. The molecule has 0 aromatic carbocycles. The van der Waals surface area contributed by atoms with Gasteiger partial charge in [-0.15, -0.1) is 11.6 Å². The van der Waals surface area contributed by atoms with Gasteiger partial charge in [0, 0.05) is 13.1 Å². The van der Waals surface area contributed by atoms with Gasteiger partial charge in [0.25, 0.3) is 0 Å². The van der Waals surface area contributed by atoms with E-state index in [9.17, 15) is 4.79 Å². The van der Waals surface area contributed by atoms with E-state index in [0.29, 0.717) is 0 Å².